The monoisotopic (exact) mass is 474 g/mol. The van der Waals surface area contributed by atoms with E-state index >= 15 is 0 Å². The molecule has 166 valence electrons. The van der Waals surface area contributed by atoms with E-state index in [-0.39, 0.29) is 17.0 Å². The van der Waals surface area contributed by atoms with Gasteiger partial charge in [-0.2, -0.15) is 5.26 Å². The van der Waals surface area contributed by atoms with Crippen LogP contribution in [0, 0.1) is 18.3 Å². The number of anilines is 1. The van der Waals surface area contributed by atoms with Crippen molar-refractivity contribution in [3.8, 4) is 6.07 Å². The van der Waals surface area contributed by atoms with Gasteiger partial charge < -0.3 is 9.80 Å². The Morgan fingerprint density at radius 2 is 1.82 bits per heavy atom. The van der Waals surface area contributed by atoms with Crippen molar-refractivity contribution < 1.29 is 4.79 Å². The second-order valence-electron chi connectivity index (χ2n) is 8.07. The fourth-order valence-electron chi connectivity index (χ4n) is 4.39. The first kappa shape index (κ1) is 21.4. The minimum absolute atomic E-state index is 0.0419. The Balaban J connectivity index is 1.52. The molecule has 0 radical (unpaired) electrons. The van der Waals surface area contributed by atoms with Crippen molar-refractivity contribution in [3.05, 3.63) is 85.1 Å². The maximum atomic E-state index is 13.5. The number of hydrogen-bond donors (Lipinski definition) is 0. The van der Waals surface area contributed by atoms with Crippen molar-refractivity contribution in [2.24, 2.45) is 0 Å². The summed E-state index contributed by atoms with van der Waals surface area (Å²) in [6.07, 6.45) is 0. The maximum Gasteiger partial charge on any atom is 0.272 e. The summed E-state index contributed by atoms with van der Waals surface area (Å²) in [6, 6.07) is 15.8. The molecule has 1 aliphatic rings. The number of piperazine rings is 1. The second-order valence-corrected chi connectivity index (χ2v) is 9.87. The molecular weight excluding hydrogens is 452 g/mol. The third kappa shape index (κ3) is 3.84. The van der Waals surface area contributed by atoms with Gasteiger partial charge in [-0.3, -0.25) is 14.2 Å². The number of nitrogens with zero attached hydrogens (tertiary/aromatic N) is 4. The van der Waals surface area contributed by atoms with Gasteiger partial charge >= 0.3 is 0 Å². The van der Waals surface area contributed by atoms with Crippen molar-refractivity contribution in [3.63, 3.8) is 0 Å². The molecule has 0 N–H and O–H groups in total. The number of hydrogen-bond acceptors (Lipinski definition) is 6. The Bertz CT molecular complexity index is 1410. The number of carbonyl (C=O) groups excluding carboxylic acids is 1. The Labute approximate surface area is 199 Å². The molecule has 0 unspecified atom stereocenters. The molecule has 1 fully saturated rings. The van der Waals surface area contributed by atoms with Crippen LogP contribution in [0.1, 0.15) is 26.4 Å². The highest BCUT2D eigenvalue weighted by Crippen LogP contribution is 2.36. The second kappa shape index (κ2) is 8.85. The molecule has 1 aromatic carbocycles. The summed E-state index contributed by atoms with van der Waals surface area (Å²) in [6.45, 7) is 4.72. The number of carbonyl (C=O) groups is 1. The Kier molecular flexibility index (Phi) is 5.75. The molecule has 1 aliphatic heterocycles. The number of amides is 1. The highest BCUT2D eigenvalue weighted by atomic mass is 32.1. The zero-order chi connectivity index (χ0) is 22.9. The Morgan fingerprint density at radius 3 is 2.48 bits per heavy atom. The number of benzene rings is 1. The van der Waals surface area contributed by atoms with Gasteiger partial charge in [0.25, 0.3) is 11.5 Å². The summed E-state index contributed by atoms with van der Waals surface area (Å²) in [4.78, 5) is 31.8. The number of aromatic nitrogens is 1. The van der Waals surface area contributed by atoms with Gasteiger partial charge in [0.1, 0.15) is 16.5 Å². The summed E-state index contributed by atoms with van der Waals surface area (Å²) in [7, 11) is 0. The number of pyridine rings is 1. The van der Waals surface area contributed by atoms with Crippen LogP contribution in [0.3, 0.4) is 0 Å². The zero-order valence-corrected chi connectivity index (χ0v) is 19.8. The number of thiophene rings is 2. The van der Waals surface area contributed by atoms with E-state index in [1.54, 1.807) is 4.57 Å². The van der Waals surface area contributed by atoms with Crippen LogP contribution in [-0.4, -0.2) is 41.6 Å². The lowest BCUT2D eigenvalue weighted by atomic mass is 10.1. The fourth-order valence-corrected chi connectivity index (χ4v) is 6.13. The number of rotatable bonds is 4. The van der Waals surface area contributed by atoms with Crippen LogP contribution in [0.5, 0.6) is 0 Å². The van der Waals surface area contributed by atoms with Gasteiger partial charge in [-0.25, -0.2) is 0 Å². The minimum atomic E-state index is -0.261. The lowest BCUT2D eigenvalue weighted by molar-refractivity contribution is 0.0751. The lowest BCUT2D eigenvalue weighted by Crippen LogP contribution is -2.49. The first-order chi connectivity index (χ1) is 16.1. The van der Waals surface area contributed by atoms with Gasteiger partial charge in [0, 0.05) is 31.6 Å². The van der Waals surface area contributed by atoms with Crippen LogP contribution in [0.15, 0.2) is 58.0 Å². The molecule has 1 saturated heterocycles. The van der Waals surface area contributed by atoms with Crippen LogP contribution >= 0.6 is 22.7 Å². The van der Waals surface area contributed by atoms with Crippen molar-refractivity contribution >= 4 is 44.5 Å². The molecule has 0 saturated carbocycles. The molecule has 6 nitrogen and oxygen atoms in total. The van der Waals surface area contributed by atoms with E-state index in [1.165, 1.54) is 22.7 Å². The van der Waals surface area contributed by atoms with E-state index in [0.717, 1.165) is 26.2 Å². The standard InChI is InChI=1S/C25H22N4O2S2/c1-17-16-33-25-21(17)22(19(14-26)23(30)29(25)15-18-6-3-2-4-7-18)27-9-11-28(12-10-27)24(31)20-8-5-13-32-20/h2-8,13,16H,9-12,15H2,1H3. The topological polar surface area (TPSA) is 69.3 Å². The molecule has 33 heavy (non-hydrogen) atoms. The van der Waals surface area contributed by atoms with Gasteiger partial charge in [0.15, 0.2) is 0 Å². The third-order valence-corrected chi connectivity index (χ3v) is 8.02. The molecule has 8 heteroatoms. The van der Waals surface area contributed by atoms with Crippen LogP contribution in [-0.2, 0) is 6.54 Å². The van der Waals surface area contributed by atoms with E-state index in [0.29, 0.717) is 38.4 Å². The molecule has 0 atom stereocenters. The van der Waals surface area contributed by atoms with Crippen molar-refractivity contribution in [2.75, 3.05) is 31.1 Å². The summed E-state index contributed by atoms with van der Waals surface area (Å²) >= 11 is 2.99. The van der Waals surface area contributed by atoms with Gasteiger partial charge in [-0.15, -0.1) is 22.7 Å². The summed E-state index contributed by atoms with van der Waals surface area (Å²) in [5.41, 5.74) is 2.70. The highest BCUT2D eigenvalue weighted by Gasteiger charge is 2.28. The summed E-state index contributed by atoms with van der Waals surface area (Å²) < 4.78 is 1.72. The van der Waals surface area contributed by atoms with E-state index in [4.69, 9.17) is 0 Å². The van der Waals surface area contributed by atoms with Gasteiger partial charge in [-0.1, -0.05) is 36.4 Å². The molecule has 0 aliphatic carbocycles. The summed E-state index contributed by atoms with van der Waals surface area (Å²) in [5.74, 6) is 0.0419. The van der Waals surface area contributed by atoms with Crippen LogP contribution < -0.4 is 10.5 Å². The SMILES string of the molecule is Cc1csc2c1c(N1CCN(C(=O)c3cccs3)CC1)c(C#N)c(=O)n2Cc1ccccc1. The summed E-state index contributed by atoms with van der Waals surface area (Å²) in [5, 5.41) is 14.9. The van der Waals surface area contributed by atoms with Crippen molar-refractivity contribution in [2.45, 2.75) is 13.5 Å². The van der Waals surface area contributed by atoms with E-state index in [1.807, 2.05) is 65.0 Å². The average Bonchev–Trinajstić information content (AvgIpc) is 3.51. The highest BCUT2D eigenvalue weighted by molar-refractivity contribution is 7.17. The van der Waals surface area contributed by atoms with Gasteiger partial charge in [0.05, 0.1) is 17.1 Å². The first-order valence-corrected chi connectivity index (χ1v) is 12.5. The van der Waals surface area contributed by atoms with Crippen LogP contribution in [0.4, 0.5) is 5.69 Å². The molecular formula is C25H22N4O2S2. The normalized spacial score (nSPS) is 13.9. The third-order valence-electron chi connectivity index (χ3n) is 6.04. The largest absolute Gasteiger partial charge is 0.366 e. The lowest BCUT2D eigenvalue weighted by Gasteiger charge is -2.36. The molecule has 0 bridgehead atoms. The number of nitriles is 1. The number of aryl methyl sites for hydroxylation is 1. The molecule has 1 amide bonds. The maximum absolute atomic E-state index is 13.5. The predicted octanol–water partition coefficient (Wildman–Crippen LogP) is 4.32. The molecule has 4 aromatic rings. The quantitative estimate of drug-likeness (QED) is 0.442. The van der Waals surface area contributed by atoms with E-state index < -0.39 is 0 Å². The van der Waals surface area contributed by atoms with E-state index in [9.17, 15) is 14.9 Å². The van der Waals surface area contributed by atoms with Gasteiger partial charge in [0.2, 0.25) is 0 Å². The zero-order valence-electron chi connectivity index (χ0n) is 18.2. The minimum Gasteiger partial charge on any atom is -0.366 e. The molecule has 0 spiro atoms. The molecule has 4 heterocycles. The van der Waals surface area contributed by atoms with Crippen molar-refractivity contribution in [1.29, 1.82) is 5.26 Å². The Hall–Kier alpha value is -3.41. The van der Waals surface area contributed by atoms with Crippen LogP contribution in [0.25, 0.3) is 10.2 Å². The average molecular weight is 475 g/mol. The van der Waals surface area contributed by atoms with Crippen LogP contribution in [0.2, 0.25) is 0 Å². The fraction of sp³-hybridized carbons (Fsp3) is 0.240. The Morgan fingerprint density at radius 1 is 1.06 bits per heavy atom. The first-order valence-electron chi connectivity index (χ1n) is 10.7. The molecule has 3 aromatic heterocycles. The van der Waals surface area contributed by atoms with Gasteiger partial charge in [-0.05, 0) is 34.9 Å². The van der Waals surface area contributed by atoms with E-state index in [2.05, 4.69) is 11.0 Å². The molecule has 5 rings (SSSR count). The smallest absolute Gasteiger partial charge is 0.272 e. The van der Waals surface area contributed by atoms with Crippen molar-refractivity contribution in [1.82, 2.24) is 9.47 Å². The predicted molar refractivity (Wildman–Crippen MR) is 134 cm³/mol. The number of fused-ring (bicyclic) bond motifs is 1.